The Kier molecular flexibility index (Phi) is 7.93. The number of H-pyrrole nitrogens is 1. The Bertz CT molecular complexity index is 1490. The van der Waals surface area contributed by atoms with Crippen LogP contribution in [0, 0.1) is 0 Å². The van der Waals surface area contributed by atoms with Crippen molar-refractivity contribution < 1.29 is 27.8 Å². The number of rotatable bonds is 8. The van der Waals surface area contributed by atoms with Gasteiger partial charge in [0, 0.05) is 12.6 Å². The minimum atomic E-state index is -5.01. The minimum Gasteiger partial charge on any atom is -0.393 e. The lowest BCUT2D eigenvalue weighted by Crippen LogP contribution is -2.50. The van der Waals surface area contributed by atoms with Crippen LogP contribution in [0.4, 0.5) is 13.2 Å². The molecule has 0 radical (unpaired) electrons. The van der Waals surface area contributed by atoms with Crippen LogP contribution >= 0.6 is 11.6 Å². The summed E-state index contributed by atoms with van der Waals surface area (Å²) in [5.41, 5.74) is -4.89. The molecule has 1 fully saturated rings. The zero-order valence-corrected chi connectivity index (χ0v) is 22.3. The Hall–Kier alpha value is -3.70. The fraction of sp³-hybridized carbons (Fsp3) is 0.267. The third-order valence-electron chi connectivity index (χ3n) is 7.31. The van der Waals surface area contributed by atoms with Gasteiger partial charge in [-0.15, -0.1) is 11.6 Å². The number of nitrogens with zero attached hydrogens (tertiary/aromatic N) is 1. The molecule has 3 atom stereocenters. The highest BCUT2D eigenvalue weighted by Crippen LogP contribution is 2.47. The van der Waals surface area contributed by atoms with Crippen molar-refractivity contribution in [2.75, 3.05) is 12.5 Å². The molecule has 0 spiro atoms. The molecule has 1 aliphatic rings. The van der Waals surface area contributed by atoms with E-state index in [1.165, 1.54) is 0 Å². The number of aromatic amines is 1. The number of halogens is 4. The summed E-state index contributed by atoms with van der Waals surface area (Å²) < 4.78 is 54.3. The van der Waals surface area contributed by atoms with E-state index >= 15 is 0 Å². The number of nitrogens with one attached hydrogen (secondary N) is 1. The number of ether oxygens (including phenoxy) is 2. The summed E-state index contributed by atoms with van der Waals surface area (Å²) >= 11 is 6.36. The van der Waals surface area contributed by atoms with Gasteiger partial charge in [-0.25, -0.2) is 4.79 Å². The minimum absolute atomic E-state index is 0.162. The first-order valence-corrected chi connectivity index (χ1v) is 13.3. The molecule has 0 saturated carbocycles. The van der Waals surface area contributed by atoms with Crippen LogP contribution in [-0.4, -0.2) is 38.8 Å². The second kappa shape index (κ2) is 11.3. The van der Waals surface area contributed by atoms with Gasteiger partial charge in [0.2, 0.25) is 0 Å². The Morgan fingerprint density at radius 2 is 1.41 bits per heavy atom. The largest absolute Gasteiger partial charge is 0.423 e. The Balaban J connectivity index is 1.68. The number of hydrogen-bond acceptors (Lipinski definition) is 5. The summed E-state index contributed by atoms with van der Waals surface area (Å²) in [6.45, 7) is -0.656. The quantitative estimate of drug-likeness (QED) is 0.228. The normalized spacial score (nSPS) is 21.2. The average molecular weight is 587 g/mol. The number of benzene rings is 3. The molecule has 0 unspecified atom stereocenters. The van der Waals surface area contributed by atoms with E-state index in [4.69, 9.17) is 21.1 Å². The molecule has 1 saturated heterocycles. The number of alkyl halides is 4. The maximum atomic E-state index is 13.5. The van der Waals surface area contributed by atoms with Gasteiger partial charge < -0.3 is 14.6 Å². The molecule has 1 aliphatic heterocycles. The van der Waals surface area contributed by atoms with Crippen molar-refractivity contribution in [1.29, 1.82) is 0 Å². The highest BCUT2D eigenvalue weighted by Gasteiger charge is 2.54. The molecule has 0 aliphatic carbocycles. The van der Waals surface area contributed by atoms with Crippen LogP contribution in [0.5, 0.6) is 0 Å². The number of aliphatic hydroxyl groups is 1. The highest BCUT2D eigenvalue weighted by molar-refractivity contribution is 6.18. The maximum absolute atomic E-state index is 13.5. The van der Waals surface area contributed by atoms with Crippen LogP contribution in [-0.2, 0) is 21.3 Å². The Morgan fingerprint density at radius 1 is 0.927 bits per heavy atom. The van der Waals surface area contributed by atoms with Crippen molar-refractivity contribution in [3.8, 4) is 0 Å². The van der Waals surface area contributed by atoms with Gasteiger partial charge in [-0.2, -0.15) is 13.2 Å². The van der Waals surface area contributed by atoms with Gasteiger partial charge in [0.15, 0.2) is 0 Å². The monoisotopic (exact) mass is 586 g/mol. The van der Waals surface area contributed by atoms with E-state index < -0.39 is 53.1 Å². The first kappa shape index (κ1) is 28.8. The van der Waals surface area contributed by atoms with Crippen molar-refractivity contribution in [3.63, 3.8) is 0 Å². The van der Waals surface area contributed by atoms with Gasteiger partial charge in [-0.3, -0.25) is 14.3 Å². The highest BCUT2D eigenvalue weighted by atomic mass is 35.5. The summed E-state index contributed by atoms with van der Waals surface area (Å²) in [6, 6.07) is 28.0. The summed E-state index contributed by atoms with van der Waals surface area (Å²) in [4.78, 5) is 26.3. The van der Waals surface area contributed by atoms with E-state index in [1.807, 2.05) is 91.0 Å². The number of aromatic nitrogens is 2. The molecule has 11 heteroatoms. The van der Waals surface area contributed by atoms with E-state index in [9.17, 15) is 27.9 Å². The second-order valence-electron chi connectivity index (χ2n) is 9.76. The maximum Gasteiger partial charge on any atom is 0.423 e. The van der Waals surface area contributed by atoms with Gasteiger partial charge in [0.05, 0.1) is 18.6 Å². The standard InChI is InChI=1S/C30H26ClF3N2O5/c31-18-28(19-37)24(16-25(41-28)36-17-23(30(32,33)34)26(38)35-27(36)39)40-29(20-10-4-1-5-11-20,21-12-6-2-7-13-21)22-14-8-3-9-15-22/h1-15,17,24-25,37H,16,18-19H2,(H,35,38,39)/t24-,25+,28+/m0/s1. The second-order valence-corrected chi connectivity index (χ2v) is 10.0. The Labute approximate surface area is 237 Å². The molecular formula is C30H26ClF3N2O5. The molecule has 1 aromatic heterocycles. The predicted octanol–water partition coefficient (Wildman–Crippen LogP) is 4.82. The van der Waals surface area contributed by atoms with Gasteiger partial charge >= 0.3 is 11.9 Å². The molecule has 7 nitrogen and oxygen atoms in total. The lowest BCUT2D eigenvalue weighted by Gasteiger charge is -2.41. The van der Waals surface area contributed by atoms with Crippen molar-refractivity contribution in [2.45, 2.75) is 36.1 Å². The van der Waals surface area contributed by atoms with Crippen LogP contribution in [0.1, 0.15) is 34.9 Å². The van der Waals surface area contributed by atoms with Crippen molar-refractivity contribution in [1.82, 2.24) is 9.55 Å². The first-order chi connectivity index (χ1) is 19.6. The number of hydrogen-bond donors (Lipinski definition) is 2. The Morgan fingerprint density at radius 3 is 1.83 bits per heavy atom. The zero-order chi connectivity index (χ0) is 29.3. The lowest BCUT2D eigenvalue weighted by molar-refractivity contribution is -0.153. The molecule has 0 bridgehead atoms. The summed E-state index contributed by atoms with van der Waals surface area (Å²) in [5.74, 6) is -0.302. The van der Waals surface area contributed by atoms with E-state index in [1.54, 1.807) is 4.98 Å². The van der Waals surface area contributed by atoms with Crippen LogP contribution in [0.2, 0.25) is 0 Å². The van der Waals surface area contributed by atoms with E-state index in [0.717, 1.165) is 16.7 Å². The lowest BCUT2D eigenvalue weighted by atomic mass is 9.79. The third kappa shape index (κ3) is 5.24. The van der Waals surface area contributed by atoms with Crippen molar-refractivity contribution in [2.24, 2.45) is 0 Å². The fourth-order valence-electron chi connectivity index (χ4n) is 5.25. The molecule has 2 N–H and O–H groups in total. The van der Waals surface area contributed by atoms with Gasteiger partial charge in [0.1, 0.15) is 23.0 Å². The molecule has 3 aromatic carbocycles. The van der Waals surface area contributed by atoms with Crippen molar-refractivity contribution >= 4 is 11.6 Å². The summed E-state index contributed by atoms with van der Waals surface area (Å²) in [6.07, 6.45) is -7.12. The zero-order valence-electron chi connectivity index (χ0n) is 21.6. The summed E-state index contributed by atoms with van der Waals surface area (Å²) in [5, 5.41) is 10.5. The predicted molar refractivity (Wildman–Crippen MR) is 146 cm³/mol. The van der Waals surface area contributed by atoms with Gasteiger partial charge in [-0.1, -0.05) is 91.0 Å². The van der Waals surface area contributed by atoms with E-state index in [2.05, 4.69) is 0 Å². The molecule has 0 amide bonds. The van der Waals surface area contributed by atoms with Crippen LogP contribution in [0.25, 0.3) is 0 Å². The molecule has 41 heavy (non-hydrogen) atoms. The van der Waals surface area contributed by atoms with Crippen LogP contribution < -0.4 is 11.2 Å². The third-order valence-corrected chi connectivity index (χ3v) is 7.76. The first-order valence-electron chi connectivity index (χ1n) is 12.8. The van der Waals surface area contributed by atoms with Crippen LogP contribution in [0.3, 0.4) is 0 Å². The van der Waals surface area contributed by atoms with Crippen LogP contribution in [0.15, 0.2) is 107 Å². The van der Waals surface area contributed by atoms with Gasteiger partial charge in [0.25, 0.3) is 5.56 Å². The molecular weight excluding hydrogens is 561 g/mol. The molecule has 214 valence electrons. The topological polar surface area (TPSA) is 93.6 Å². The summed E-state index contributed by atoms with van der Waals surface area (Å²) in [7, 11) is 0. The fourth-order valence-corrected chi connectivity index (χ4v) is 5.57. The molecule has 2 heterocycles. The van der Waals surface area contributed by atoms with E-state index in [-0.39, 0.29) is 12.3 Å². The van der Waals surface area contributed by atoms with Crippen molar-refractivity contribution in [3.05, 3.63) is 140 Å². The SMILES string of the molecule is O=c1[nH]c(=O)n([C@H]2C[C@H](OC(c3ccccc3)(c3ccccc3)c3ccccc3)[C@](CO)(CCl)O2)cc1C(F)(F)F. The van der Waals surface area contributed by atoms with E-state index in [0.29, 0.717) is 10.8 Å². The average Bonchev–Trinajstić information content (AvgIpc) is 3.34. The molecule has 4 aromatic rings. The number of aliphatic hydroxyl groups excluding tert-OH is 1. The van der Waals surface area contributed by atoms with Gasteiger partial charge in [-0.05, 0) is 16.7 Å². The molecule has 5 rings (SSSR count). The smallest absolute Gasteiger partial charge is 0.393 e.